The Hall–Kier alpha value is -7.02. The van der Waals surface area contributed by atoms with Crippen molar-refractivity contribution in [1.82, 2.24) is 0 Å². The molecule has 0 saturated carbocycles. The lowest BCUT2D eigenvalue weighted by molar-refractivity contribution is 0.768. The van der Waals surface area contributed by atoms with Crippen LogP contribution >= 0.6 is 0 Å². The van der Waals surface area contributed by atoms with Gasteiger partial charge in [-0.05, 0) is 123 Å². The third-order valence-electron chi connectivity index (χ3n) is 12.3. The van der Waals surface area contributed by atoms with Crippen LogP contribution in [0, 0.1) is 20.8 Å². The molecule has 64 heavy (non-hydrogen) atoms. The van der Waals surface area contributed by atoms with Crippen LogP contribution in [0.2, 0.25) is 0 Å². The van der Waals surface area contributed by atoms with Crippen LogP contribution in [0.5, 0.6) is 0 Å². The Morgan fingerprint density at radius 2 is 0.844 bits per heavy atom. The standard InChI is InChI=1S/C36H26.C17H16.C7H8.2C2H6/c1-25-21-22-31-33(23-25)36(27-15-7-3-8-16-27,28-17-9-4-10-18-28)34-24-32(26-13-5-2-6-14-26)29-19-11-12-20-30(29)35(31)34;1-12-7-10-16-15-6-4-3-5-14(15)9-8-13(2)17(16)11-12;1-7-5-3-2-4-6-7;2*1-2/h2-24H,1H3;3-8,10-11H,9H2,1-2H3;2-6H,1H3;2*1-2H3. The van der Waals surface area contributed by atoms with Gasteiger partial charge in [0.05, 0.1) is 5.41 Å². The van der Waals surface area contributed by atoms with Crippen molar-refractivity contribution < 1.29 is 0 Å². The van der Waals surface area contributed by atoms with E-state index in [0.29, 0.717) is 0 Å². The predicted molar refractivity (Wildman–Crippen MR) is 279 cm³/mol. The maximum absolute atomic E-state index is 2.47. The summed E-state index contributed by atoms with van der Waals surface area (Å²) in [6, 6.07) is 77.1. The first kappa shape index (κ1) is 45.0. The van der Waals surface area contributed by atoms with Crippen LogP contribution < -0.4 is 0 Å². The van der Waals surface area contributed by atoms with Crippen molar-refractivity contribution in [3.63, 3.8) is 0 Å². The molecule has 0 atom stereocenters. The lowest BCUT2D eigenvalue weighted by atomic mass is 9.67. The van der Waals surface area contributed by atoms with Crippen LogP contribution in [0.25, 0.3) is 49.7 Å². The second kappa shape index (κ2) is 20.9. The number of rotatable bonds is 3. The molecule has 0 fully saturated rings. The normalized spacial score (nSPS) is 12.2. The van der Waals surface area contributed by atoms with Crippen molar-refractivity contribution in [2.75, 3.05) is 0 Å². The number of hydrogen-bond donors (Lipinski definition) is 0. The minimum absolute atomic E-state index is 0.396. The van der Waals surface area contributed by atoms with Crippen molar-refractivity contribution in [1.29, 1.82) is 0 Å². The fourth-order valence-electron chi connectivity index (χ4n) is 9.40. The van der Waals surface area contributed by atoms with E-state index in [0.717, 1.165) is 6.42 Å². The smallest absolute Gasteiger partial charge is 0.0714 e. The molecule has 0 aromatic heterocycles. The second-order valence-electron chi connectivity index (χ2n) is 16.2. The maximum atomic E-state index is 2.47. The Labute approximate surface area is 383 Å². The van der Waals surface area contributed by atoms with Crippen molar-refractivity contribution >= 4 is 16.3 Å². The maximum Gasteiger partial charge on any atom is 0.0714 e. The molecule has 0 aliphatic heterocycles. The van der Waals surface area contributed by atoms with Crippen LogP contribution in [0.4, 0.5) is 0 Å². The highest BCUT2D eigenvalue weighted by molar-refractivity contribution is 6.10. The zero-order valence-electron chi connectivity index (χ0n) is 39.0. The molecule has 0 unspecified atom stereocenters. The van der Waals surface area contributed by atoms with Gasteiger partial charge in [-0.15, -0.1) is 0 Å². The summed E-state index contributed by atoms with van der Waals surface area (Å²) in [6.07, 6.45) is 3.37. The van der Waals surface area contributed by atoms with E-state index in [4.69, 9.17) is 0 Å². The Morgan fingerprint density at radius 3 is 1.44 bits per heavy atom. The molecule has 11 rings (SSSR count). The second-order valence-corrected chi connectivity index (χ2v) is 16.2. The monoisotopic (exact) mass is 830 g/mol. The van der Waals surface area contributed by atoms with Gasteiger partial charge in [-0.3, -0.25) is 0 Å². The number of allylic oxidation sites excluding steroid dienone is 2. The molecule has 2 aliphatic rings. The van der Waals surface area contributed by atoms with Crippen LogP contribution in [0.1, 0.15) is 84.7 Å². The third kappa shape index (κ3) is 8.92. The van der Waals surface area contributed by atoms with E-state index in [1.165, 1.54) is 99.8 Å². The van der Waals surface area contributed by atoms with Gasteiger partial charge in [0.15, 0.2) is 0 Å². The number of hydrogen-bond acceptors (Lipinski definition) is 0. The minimum Gasteiger partial charge on any atom is -0.0766 e. The topological polar surface area (TPSA) is 0 Å². The van der Waals surface area contributed by atoms with Crippen molar-refractivity contribution in [2.45, 2.75) is 67.2 Å². The molecule has 0 nitrogen and oxygen atoms in total. The average molecular weight is 831 g/mol. The molecule has 9 aromatic rings. The highest BCUT2D eigenvalue weighted by Gasteiger charge is 2.47. The molecule has 0 saturated heterocycles. The SMILES string of the molecule is CC.CC.CC1=CCc2ccccc2-c2ccc(C)cc21.Cc1ccc2c(c1)C(c1ccccc1)(c1ccccc1)c1cc(-c3ccccc3)c3ccccc3c1-2.Cc1ccccc1. The highest BCUT2D eigenvalue weighted by atomic mass is 14.5. The van der Waals surface area contributed by atoms with Crippen LogP contribution in [0.3, 0.4) is 0 Å². The molecule has 0 amide bonds. The summed E-state index contributed by atoms with van der Waals surface area (Å²) >= 11 is 0. The fourth-order valence-corrected chi connectivity index (χ4v) is 9.40. The lowest BCUT2D eigenvalue weighted by Crippen LogP contribution is -2.28. The number of benzene rings is 9. The molecular formula is C64H62. The molecular weight excluding hydrogens is 769 g/mol. The summed E-state index contributed by atoms with van der Waals surface area (Å²) < 4.78 is 0. The molecule has 0 spiro atoms. The highest BCUT2D eigenvalue weighted by Crippen LogP contribution is 2.59. The lowest BCUT2D eigenvalue weighted by Gasteiger charge is -2.34. The van der Waals surface area contributed by atoms with Crippen LogP contribution in [0.15, 0.2) is 218 Å². The van der Waals surface area contributed by atoms with Crippen LogP contribution in [-0.2, 0) is 11.8 Å². The van der Waals surface area contributed by atoms with E-state index in [9.17, 15) is 0 Å². The molecule has 0 heterocycles. The van der Waals surface area contributed by atoms with E-state index in [1.54, 1.807) is 0 Å². The summed E-state index contributed by atoms with van der Waals surface area (Å²) in [7, 11) is 0. The first-order chi connectivity index (χ1) is 31.4. The zero-order chi connectivity index (χ0) is 45.1. The molecule has 318 valence electrons. The van der Waals surface area contributed by atoms with E-state index in [1.807, 2.05) is 45.9 Å². The largest absolute Gasteiger partial charge is 0.0766 e. The molecule has 0 N–H and O–H groups in total. The molecule has 0 radical (unpaired) electrons. The Balaban J connectivity index is 0.000000180. The Kier molecular flexibility index (Phi) is 14.7. The molecule has 0 heteroatoms. The average Bonchev–Trinajstić information content (AvgIpc) is 3.57. The van der Waals surface area contributed by atoms with Gasteiger partial charge >= 0.3 is 0 Å². The number of fused-ring (bicyclic) bond motifs is 8. The van der Waals surface area contributed by atoms with Gasteiger partial charge in [-0.1, -0.05) is 257 Å². The fraction of sp³-hybridized carbons (Fsp3) is 0.156. The van der Waals surface area contributed by atoms with E-state index in [2.05, 4.69) is 228 Å². The summed E-state index contributed by atoms with van der Waals surface area (Å²) in [4.78, 5) is 0. The summed E-state index contributed by atoms with van der Waals surface area (Å²) in [6.45, 7) is 16.7. The first-order valence-corrected chi connectivity index (χ1v) is 23.2. The molecule has 0 bridgehead atoms. The molecule has 9 aromatic carbocycles. The van der Waals surface area contributed by atoms with Crippen molar-refractivity contribution in [3.05, 3.63) is 268 Å². The zero-order valence-corrected chi connectivity index (χ0v) is 39.0. The Morgan fingerprint density at radius 1 is 0.344 bits per heavy atom. The van der Waals surface area contributed by atoms with Crippen LogP contribution in [-0.4, -0.2) is 0 Å². The predicted octanol–water partition coefficient (Wildman–Crippen LogP) is 17.8. The Bertz CT molecular complexity index is 2910. The van der Waals surface area contributed by atoms with Gasteiger partial charge in [0.1, 0.15) is 0 Å². The van der Waals surface area contributed by atoms with Gasteiger partial charge < -0.3 is 0 Å². The van der Waals surface area contributed by atoms with Crippen molar-refractivity contribution in [2.24, 2.45) is 0 Å². The van der Waals surface area contributed by atoms with E-state index in [-0.39, 0.29) is 0 Å². The van der Waals surface area contributed by atoms with Gasteiger partial charge in [-0.25, -0.2) is 0 Å². The first-order valence-electron chi connectivity index (χ1n) is 23.2. The minimum atomic E-state index is -0.396. The van der Waals surface area contributed by atoms with Gasteiger partial charge in [0, 0.05) is 0 Å². The van der Waals surface area contributed by atoms with Gasteiger partial charge in [0.25, 0.3) is 0 Å². The van der Waals surface area contributed by atoms with E-state index >= 15 is 0 Å². The van der Waals surface area contributed by atoms with Crippen molar-refractivity contribution in [3.8, 4) is 33.4 Å². The number of aryl methyl sites for hydroxylation is 3. The summed E-state index contributed by atoms with van der Waals surface area (Å²) in [5.41, 5.74) is 21.0. The summed E-state index contributed by atoms with van der Waals surface area (Å²) in [5, 5.41) is 2.61. The van der Waals surface area contributed by atoms with E-state index < -0.39 is 5.41 Å². The third-order valence-corrected chi connectivity index (χ3v) is 12.3. The molecule has 2 aliphatic carbocycles. The van der Waals surface area contributed by atoms with Gasteiger partial charge in [-0.2, -0.15) is 0 Å². The van der Waals surface area contributed by atoms with Gasteiger partial charge in [0.2, 0.25) is 0 Å². The summed E-state index contributed by atoms with van der Waals surface area (Å²) in [5.74, 6) is 0. The quantitative estimate of drug-likeness (QED) is 0.166.